The van der Waals surface area contributed by atoms with E-state index in [0.717, 1.165) is 35.7 Å². The minimum absolute atomic E-state index is 0.176. The molecule has 2 heterocycles. The number of hydrogen-bond acceptors (Lipinski definition) is 6. The molecule has 7 heteroatoms. The van der Waals surface area contributed by atoms with Gasteiger partial charge in [-0.05, 0) is 56.7 Å². The third kappa shape index (κ3) is 3.94. The van der Waals surface area contributed by atoms with Crippen LogP contribution in [0.5, 0.6) is 0 Å². The number of carbonyl (C=O) groups excluding carboxylic acids is 1. The smallest absolute Gasteiger partial charge is 0.319 e. The molecule has 3 aromatic rings. The zero-order valence-corrected chi connectivity index (χ0v) is 18.4. The molecule has 30 heavy (non-hydrogen) atoms. The van der Waals surface area contributed by atoms with Crippen molar-refractivity contribution in [1.29, 1.82) is 0 Å². The Morgan fingerprint density at radius 2 is 1.83 bits per heavy atom. The second-order valence-corrected chi connectivity index (χ2v) is 8.38. The van der Waals surface area contributed by atoms with Crippen molar-refractivity contribution < 1.29 is 9.53 Å². The topological polar surface area (TPSA) is 60.2 Å². The minimum Gasteiger partial charge on any atom is -0.465 e. The average Bonchev–Trinajstić information content (AvgIpc) is 3.36. The van der Waals surface area contributed by atoms with E-state index >= 15 is 0 Å². The van der Waals surface area contributed by atoms with E-state index in [-0.39, 0.29) is 11.2 Å². The van der Waals surface area contributed by atoms with Gasteiger partial charge < -0.3 is 9.64 Å². The Morgan fingerprint density at radius 1 is 1.10 bits per heavy atom. The van der Waals surface area contributed by atoms with Crippen molar-refractivity contribution in [3.63, 3.8) is 0 Å². The summed E-state index contributed by atoms with van der Waals surface area (Å²) in [5.74, 6) is 0.591. The van der Waals surface area contributed by atoms with Crippen molar-refractivity contribution in [3.8, 4) is 17.1 Å². The summed E-state index contributed by atoms with van der Waals surface area (Å²) in [4.78, 5) is 14.3. The highest BCUT2D eigenvalue weighted by Crippen LogP contribution is 2.34. The summed E-state index contributed by atoms with van der Waals surface area (Å²) in [6.45, 7) is 8.78. The average molecular weight is 423 g/mol. The lowest BCUT2D eigenvalue weighted by Crippen LogP contribution is -2.21. The van der Waals surface area contributed by atoms with Crippen LogP contribution < -0.4 is 4.90 Å². The first-order valence-electron chi connectivity index (χ1n) is 10.3. The first-order chi connectivity index (χ1) is 14.6. The van der Waals surface area contributed by atoms with Gasteiger partial charge in [-0.2, -0.15) is 0 Å². The van der Waals surface area contributed by atoms with E-state index in [1.807, 2.05) is 12.1 Å². The standard InChI is InChI=1S/C23H26N4O2S/c1-4-26(5-2)18-12-10-17(11-13-18)21-24-25-23(30-20-14-15-29-22(20)28)27(21)19-9-7-6-8-16(19)3/h6-13,20H,4-5,14-15H2,1-3H3. The molecule has 1 aromatic heterocycles. The number of esters is 1. The fraction of sp³-hybridized carbons (Fsp3) is 0.348. The Labute approximate surface area is 181 Å². The van der Waals surface area contributed by atoms with Gasteiger partial charge in [-0.1, -0.05) is 30.0 Å². The Morgan fingerprint density at radius 3 is 2.47 bits per heavy atom. The Kier molecular flexibility index (Phi) is 6.08. The predicted octanol–water partition coefficient (Wildman–Crippen LogP) is 4.50. The number of thioether (sulfide) groups is 1. The number of cyclic esters (lactones) is 1. The van der Waals surface area contributed by atoms with Crippen LogP contribution in [-0.2, 0) is 9.53 Å². The van der Waals surface area contributed by atoms with Gasteiger partial charge in [0.05, 0.1) is 12.3 Å². The number of benzene rings is 2. The van der Waals surface area contributed by atoms with Gasteiger partial charge in [-0.3, -0.25) is 9.36 Å². The van der Waals surface area contributed by atoms with Crippen molar-refractivity contribution in [2.75, 3.05) is 24.6 Å². The first-order valence-corrected chi connectivity index (χ1v) is 11.2. The van der Waals surface area contributed by atoms with Crippen LogP contribution in [0.4, 0.5) is 5.69 Å². The van der Waals surface area contributed by atoms with Crippen molar-refractivity contribution in [2.45, 2.75) is 37.6 Å². The van der Waals surface area contributed by atoms with Gasteiger partial charge in [0.2, 0.25) is 0 Å². The molecule has 0 radical (unpaired) electrons. The van der Waals surface area contributed by atoms with E-state index in [1.54, 1.807) is 0 Å². The summed E-state index contributed by atoms with van der Waals surface area (Å²) >= 11 is 1.43. The highest BCUT2D eigenvalue weighted by atomic mass is 32.2. The second-order valence-electron chi connectivity index (χ2n) is 7.21. The maximum absolute atomic E-state index is 12.0. The molecule has 0 bridgehead atoms. The highest BCUT2D eigenvalue weighted by Gasteiger charge is 2.30. The second kappa shape index (κ2) is 8.92. The van der Waals surface area contributed by atoms with Crippen LogP contribution in [0, 0.1) is 6.92 Å². The Hall–Kier alpha value is -2.80. The molecule has 1 unspecified atom stereocenters. The number of para-hydroxylation sites is 1. The fourth-order valence-electron chi connectivity index (χ4n) is 3.69. The number of aromatic nitrogens is 3. The van der Waals surface area contributed by atoms with Crippen LogP contribution in [-0.4, -0.2) is 45.7 Å². The molecule has 1 aliphatic rings. The Bertz CT molecular complexity index is 1030. The maximum atomic E-state index is 12.0. The molecule has 1 saturated heterocycles. The van der Waals surface area contributed by atoms with Crippen LogP contribution >= 0.6 is 11.8 Å². The van der Waals surface area contributed by atoms with Crippen LogP contribution in [0.15, 0.2) is 53.7 Å². The molecule has 0 spiro atoms. The lowest BCUT2D eigenvalue weighted by atomic mass is 10.1. The summed E-state index contributed by atoms with van der Waals surface area (Å²) in [6, 6.07) is 16.6. The number of hydrogen-bond donors (Lipinski definition) is 0. The summed E-state index contributed by atoms with van der Waals surface area (Å²) in [7, 11) is 0. The first kappa shape index (κ1) is 20.5. The van der Waals surface area contributed by atoms with Gasteiger partial charge in [0.25, 0.3) is 0 Å². The monoisotopic (exact) mass is 422 g/mol. The molecule has 4 rings (SSSR count). The summed E-state index contributed by atoms with van der Waals surface area (Å²) in [5.41, 5.74) is 4.31. The lowest BCUT2D eigenvalue weighted by Gasteiger charge is -2.21. The molecule has 0 aliphatic carbocycles. The van der Waals surface area contributed by atoms with Gasteiger partial charge >= 0.3 is 5.97 Å². The van der Waals surface area contributed by atoms with Crippen molar-refractivity contribution in [1.82, 2.24) is 14.8 Å². The SMILES string of the molecule is CCN(CC)c1ccc(-c2nnc(SC3CCOC3=O)n2-c2ccccc2C)cc1. The molecule has 1 aliphatic heterocycles. The zero-order valence-electron chi connectivity index (χ0n) is 17.5. The summed E-state index contributed by atoms with van der Waals surface area (Å²) in [5, 5.41) is 9.43. The number of anilines is 1. The van der Waals surface area contributed by atoms with Crippen LogP contribution in [0.1, 0.15) is 25.8 Å². The van der Waals surface area contributed by atoms with Gasteiger partial charge in [-0.25, -0.2) is 0 Å². The van der Waals surface area contributed by atoms with E-state index in [9.17, 15) is 4.79 Å². The van der Waals surface area contributed by atoms with Crippen molar-refractivity contribution in [2.24, 2.45) is 0 Å². The van der Waals surface area contributed by atoms with E-state index in [0.29, 0.717) is 18.2 Å². The zero-order chi connectivity index (χ0) is 21.1. The number of aryl methyl sites for hydroxylation is 1. The van der Waals surface area contributed by atoms with E-state index in [4.69, 9.17) is 4.74 Å². The van der Waals surface area contributed by atoms with Gasteiger partial charge in [0, 0.05) is 30.8 Å². The molecule has 6 nitrogen and oxygen atoms in total. The van der Waals surface area contributed by atoms with Gasteiger partial charge in [-0.15, -0.1) is 10.2 Å². The van der Waals surface area contributed by atoms with Crippen LogP contribution in [0.25, 0.3) is 17.1 Å². The van der Waals surface area contributed by atoms with Gasteiger partial charge in [0.15, 0.2) is 11.0 Å². The van der Waals surface area contributed by atoms with Crippen LogP contribution in [0.2, 0.25) is 0 Å². The summed E-state index contributed by atoms with van der Waals surface area (Å²) < 4.78 is 7.19. The van der Waals surface area contributed by atoms with Crippen molar-refractivity contribution >= 4 is 23.4 Å². The fourth-order valence-corrected chi connectivity index (χ4v) is 4.70. The van der Waals surface area contributed by atoms with E-state index < -0.39 is 0 Å². The van der Waals surface area contributed by atoms with Crippen molar-refractivity contribution in [3.05, 3.63) is 54.1 Å². The molecule has 0 N–H and O–H groups in total. The van der Waals surface area contributed by atoms with Crippen LogP contribution in [0.3, 0.4) is 0 Å². The minimum atomic E-state index is -0.241. The Balaban J connectivity index is 1.76. The van der Waals surface area contributed by atoms with E-state index in [1.165, 1.54) is 17.4 Å². The third-order valence-electron chi connectivity index (χ3n) is 5.38. The predicted molar refractivity (Wildman–Crippen MR) is 120 cm³/mol. The molecular weight excluding hydrogens is 396 g/mol. The van der Waals surface area contributed by atoms with E-state index in [2.05, 4.69) is 76.8 Å². The quantitative estimate of drug-likeness (QED) is 0.523. The highest BCUT2D eigenvalue weighted by molar-refractivity contribution is 8.00. The number of rotatable bonds is 7. The molecule has 156 valence electrons. The maximum Gasteiger partial charge on any atom is 0.319 e. The molecule has 1 atom stereocenters. The molecule has 0 saturated carbocycles. The van der Waals surface area contributed by atoms with Gasteiger partial charge in [0.1, 0.15) is 5.25 Å². The number of ether oxygens (including phenoxy) is 1. The number of carbonyl (C=O) groups is 1. The largest absolute Gasteiger partial charge is 0.465 e. The summed E-state index contributed by atoms with van der Waals surface area (Å²) in [6.07, 6.45) is 0.692. The molecule has 0 amide bonds. The third-order valence-corrected chi connectivity index (χ3v) is 6.57. The lowest BCUT2D eigenvalue weighted by molar-refractivity contribution is -0.137. The molecule has 2 aromatic carbocycles. The normalized spacial score (nSPS) is 16.0. The number of nitrogens with zero attached hydrogens (tertiary/aromatic N) is 4. The molecular formula is C23H26N4O2S. The molecule has 1 fully saturated rings.